The molecule has 0 unspecified atom stereocenters. The van der Waals surface area contributed by atoms with Crippen molar-refractivity contribution in [1.82, 2.24) is 9.97 Å². The van der Waals surface area contributed by atoms with Crippen molar-refractivity contribution in [2.75, 3.05) is 32.0 Å². The first-order valence-corrected chi connectivity index (χ1v) is 12.0. The Kier molecular flexibility index (Phi) is 7.34. The molecule has 4 aromatic rings. The van der Waals surface area contributed by atoms with E-state index in [1.165, 1.54) is 13.4 Å². The molecule has 0 saturated heterocycles. The first-order valence-electron chi connectivity index (χ1n) is 12.0. The number of anilines is 3. The fourth-order valence-electron chi connectivity index (χ4n) is 4.33. The molecule has 0 amide bonds. The number of hydrogen-bond acceptors (Lipinski definition) is 10. The third-order valence-electron chi connectivity index (χ3n) is 6.26. The van der Waals surface area contributed by atoms with Gasteiger partial charge in [0.2, 0.25) is 10.9 Å². The van der Waals surface area contributed by atoms with Gasteiger partial charge in [0, 0.05) is 29.1 Å². The molecule has 0 saturated carbocycles. The zero-order chi connectivity index (χ0) is 27.6. The highest BCUT2D eigenvalue weighted by molar-refractivity contribution is 5.93. The Morgan fingerprint density at radius 2 is 1.61 bits per heavy atom. The SMILES string of the molecule is COC(=O)[C@H](Cc1ccc(Nc2ncnc3cc(OC)c(OC)cc23)cc1)Nc1c(C(C)(C)C)c(=O)c1=O. The second kappa shape index (κ2) is 10.5. The number of carbonyl (C=O) groups is 1. The summed E-state index contributed by atoms with van der Waals surface area (Å²) in [6.07, 6.45) is 1.72. The standard InChI is InChI=1S/C28H30N4O6/c1-28(2,3)22-23(25(34)24(22)33)32-19(27(35)38-6)11-15-7-9-16(10-8-15)31-26-17-12-20(36-4)21(37-5)13-18(17)29-14-30-26/h7-10,12-14,19,32H,11H2,1-6H3,(H,29,30,31)/t19-/m0/s1. The summed E-state index contributed by atoms with van der Waals surface area (Å²) in [6.45, 7) is 5.54. The molecule has 10 heteroatoms. The summed E-state index contributed by atoms with van der Waals surface area (Å²) in [5, 5.41) is 7.01. The number of aromatic nitrogens is 2. The Hall–Kier alpha value is -4.47. The lowest BCUT2D eigenvalue weighted by Gasteiger charge is -2.26. The maximum absolute atomic E-state index is 12.5. The summed E-state index contributed by atoms with van der Waals surface area (Å²) < 4.78 is 15.7. The number of esters is 1. The van der Waals surface area contributed by atoms with Crippen molar-refractivity contribution in [1.29, 1.82) is 0 Å². The first kappa shape index (κ1) is 26.6. The van der Waals surface area contributed by atoms with Crippen molar-refractivity contribution in [2.45, 2.75) is 38.6 Å². The van der Waals surface area contributed by atoms with Crippen LogP contribution in [0.5, 0.6) is 11.5 Å². The predicted molar refractivity (Wildman–Crippen MR) is 146 cm³/mol. The second-order valence-corrected chi connectivity index (χ2v) is 9.85. The molecule has 1 atom stereocenters. The fourth-order valence-corrected chi connectivity index (χ4v) is 4.33. The zero-order valence-corrected chi connectivity index (χ0v) is 22.2. The maximum atomic E-state index is 12.5. The summed E-state index contributed by atoms with van der Waals surface area (Å²) in [6, 6.07) is 10.2. The molecular weight excluding hydrogens is 488 g/mol. The van der Waals surface area contributed by atoms with Crippen LogP contribution in [0.1, 0.15) is 31.9 Å². The van der Waals surface area contributed by atoms with Crippen LogP contribution in [-0.4, -0.2) is 43.3 Å². The van der Waals surface area contributed by atoms with Gasteiger partial charge in [0.05, 0.1) is 32.5 Å². The Labute approximate surface area is 219 Å². The lowest BCUT2D eigenvalue weighted by molar-refractivity contribution is -0.141. The number of hydrogen-bond donors (Lipinski definition) is 2. The topological polar surface area (TPSA) is 129 Å². The highest BCUT2D eigenvalue weighted by Crippen LogP contribution is 2.34. The normalized spacial score (nSPS) is 12.3. The van der Waals surface area contributed by atoms with E-state index in [1.807, 2.05) is 51.1 Å². The minimum absolute atomic E-state index is 0.180. The molecule has 198 valence electrons. The van der Waals surface area contributed by atoms with Gasteiger partial charge in [-0.25, -0.2) is 14.8 Å². The predicted octanol–water partition coefficient (Wildman–Crippen LogP) is 3.48. The first-order chi connectivity index (χ1) is 18.1. The highest BCUT2D eigenvalue weighted by atomic mass is 16.5. The van der Waals surface area contributed by atoms with Gasteiger partial charge in [-0.15, -0.1) is 0 Å². The molecule has 0 aliphatic carbocycles. The van der Waals surface area contributed by atoms with Gasteiger partial charge >= 0.3 is 5.97 Å². The van der Waals surface area contributed by atoms with Crippen molar-refractivity contribution >= 4 is 34.1 Å². The molecular formula is C28H30N4O6. The smallest absolute Gasteiger partial charge is 0.328 e. The van der Waals surface area contributed by atoms with Crippen LogP contribution >= 0.6 is 0 Å². The number of rotatable bonds is 9. The molecule has 0 fully saturated rings. The van der Waals surface area contributed by atoms with E-state index >= 15 is 0 Å². The van der Waals surface area contributed by atoms with E-state index in [1.54, 1.807) is 20.3 Å². The Balaban J connectivity index is 1.55. The molecule has 1 aromatic heterocycles. The minimum Gasteiger partial charge on any atom is -0.493 e. The lowest BCUT2D eigenvalue weighted by atomic mass is 9.82. The molecule has 4 rings (SSSR count). The summed E-state index contributed by atoms with van der Waals surface area (Å²) in [5.41, 5.74) is 1.19. The van der Waals surface area contributed by atoms with Gasteiger partial charge in [-0.3, -0.25) is 9.59 Å². The van der Waals surface area contributed by atoms with E-state index in [2.05, 4.69) is 20.6 Å². The van der Waals surface area contributed by atoms with Gasteiger partial charge in [-0.05, 0) is 29.2 Å². The molecule has 0 bridgehead atoms. The number of fused-ring (bicyclic) bond motifs is 1. The number of nitrogens with one attached hydrogen (secondary N) is 2. The van der Waals surface area contributed by atoms with Crippen LogP contribution < -0.4 is 31.0 Å². The quantitative estimate of drug-likeness (QED) is 0.251. The number of nitrogens with zero attached hydrogens (tertiary/aromatic N) is 2. The van der Waals surface area contributed by atoms with Crippen LogP contribution in [0.4, 0.5) is 17.2 Å². The van der Waals surface area contributed by atoms with E-state index < -0.39 is 28.3 Å². The average Bonchev–Trinajstić information content (AvgIpc) is 2.91. The molecule has 38 heavy (non-hydrogen) atoms. The van der Waals surface area contributed by atoms with E-state index in [0.29, 0.717) is 28.4 Å². The van der Waals surface area contributed by atoms with Crippen LogP contribution in [-0.2, 0) is 21.4 Å². The van der Waals surface area contributed by atoms with Gasteiger partial charge in [0.1, 0.15) is 18.2 Å². The van der Waals surface area contributed by atoms with Crippen LogP contribution in [0.15, 0.2) is 52.3 Å². The Morgan fingerprint density at radius 3 is 2.21 bits per heavy atom. The molecule has 10 nitrogen and oxygen atoms in total. The van der Waals surface area contributed by atoms with Crippen LogP contribution in [0.3, 0.4) is 0 Å². The molecule has 0 aliphatic rings. The number of ether oxygens (including phenoxy) is 3. The molecule has 2 N–H and O–H groups in total. The van der Waals surface area contributed by atoms with E-state index in [4.69, 9.17) is 14.2 Å². The van der Waals surface area contributed by atoms with Gasteiger partial charge in [0.15, 0.2) is 11.5 Å². The average molecular weight is 519 g/mol. The van der Waals surface area contributed by atoms with Crippen LogP contribution in [0.2, 0.25) is 0 Å². The summed E-state index contributed by atoms with van der Waals surface area (Å²) >= 11 is 0. The molecule has 0 radical (unpaired) electrons. The maximum Gasteiger partial charge on any atom is 0.328 e. The third-order valence-corrected chi connectivity index (χ3v) is 6.26. The molecule has 0 aliphatic heterocycles. The van der Waals surface area contributed by atoms with E-state index in [0.717, 1.165) is 16.6 Å². The Morgan fingerprint density at radius 1 is 0.947 bits per heavy atom. The van der Waals surface area contributed by atoms with Gasteiger partial charge < -0.3 is 24.8 Å². The largest absolute Gasteiger partial charge is 0.493 e. The van der Waals surface area contributed by atoms with Gasteiger partial charge in [-0.2, -0.15) is 0 Å². The number of methoxy groups -OCH3 is 3. The van der Waals surface area contributed by atoms with E-state index in [-0.39, 0.29) is 12.1 Å². The van der Waals surface area contributed by atoms with Crippen molar-refractivity contribution in [3.05, 3.63) is 74.3 Å². The van der Waals surface area contributed by atoms with Crippen molar-refractivity contribution in [3.8, 4) is 11.5 Å². The van der Waals surface area contributed by atoms with Crippen LogP contribution in [0.25, 0.3) is 10.9 Å². The third kappa shape index (κ3) is 5.15. The van der Waals surface area contributed by atoms with Crippen molar-refractivity contribution < 1.29 is 19.0 Å². The summed E-state index contributed by atoms with van der Waals surface area (Å²) in [5.74, 6) is 1.19. The second-order valence-electron chi connectivity index (χ2n) is 9.85. The summed E-state index contributed by atoms with van der Waals surface area (Å²) in [4.78, 5) is 45.6. The monoisotopic (exact) mass is 518 g/mol. The van der Waals surface area contributed by atoms with Gasteiger partial charge in [-0.1, -0.05) is 32.9 Å². The number of carbonyl (C=O) groups excluding carboxylic acids is 1. The van der Waals surface area contributed by atoms with Gasteiger partial charge in [0.25, 0.3) is 0 Å². The molecule has 1 heterocycles. The summed E-state index contributed by atoms with van der Waals surface area (Å²) in [7, 11) is 4.41. The van der Waals surface area contributed by atoms with Crippen LogP contribution in [0, 0.1) is 0 Å². The molecule has 3 aromatic carbocycles. The lowest BCUT2D eigenvalue weighted by Crippen LogP contribution is -2.47. The van der Waals surface area contributed by atoms with E-state index in [9.17, 15) is 14.4 Å². The van der Waals surface area contributed by atoms with Crippen molar-refractivity contribution in [3.63, 3.8) is 0 Å². The Bertz CT molecular complexity index is 1550. The molecule has 0 spiro atoms. The van der Waals surface area contributed by atoms with Crippen molar-refractivity contribution in [2.24, 2.45) is 0 Å². The fraction of sp³-hybridized carbons (Fsp3) is 0.321. The zero-order valence-electron chi connectivity index (χ0n) is 22.2. The highest BCUT2D eigenvalue weighted by Gasteiger charge is 2.33. The number of benzene rings is 2. The minimum atomic E-state index is -0.837.